The normalized spacial score (nSPS) is 24.2. The van der Waals surface area contributed by atoms with Crippen molar-refractivity contribution in [2.24, 2.45) is 5.73 Å². The summed E-state index contributed by atoms with van der Waals surface area (Å²) >= 11 is 0. The Labute approximate surface area is 101 Å². The Morgan fingerprint density at radius 2 is 2.59 bits per heavy atom. The van der Waals surface area contributed by atoms with Crippen molar-refractivity contribution >= 4 is 5.91 Å². The summed E-state index contributed by atoms with van der Waals surface area (Å²) in [4.78, 5) is 16.3. The second-order valence-electron chi connectivity index (χ2n) is 3.73. The Kier molecular flexibility index (Phi) is 5.85. The Balaban J connectivity index is 2.61. The molecule has 0 fully saturated rings. The molecule has 0 radical (unpaired) electrons. The van der Waals surface area contributed by atoms with E-state index in [1.807, 2.05) is 0 Å². The number of hydroxylamine groups is 1. The van der Waals surface area contributed by atoms with Crippen LogP contribution in [0.1, 0.15) is 0 Å². The van der Waals surface area contributed by atoms with Gasteiger partial charge in [0.1, 0.15) is 6.04 Å². The van der Waals surface area contributed by atoms with Crippen molar-refractivity contribution in [3.63, 3.8) is 0 Å². The van der Waals surface area contributed by atoms with Gasteiger partial charge in [0.2, 0.25) is 5.91 Å². The predicted octanol–water partition coefficient (Wildman–Crippen LogP) is -0.908. The summed E-state index contributed by atoms with van der Waals surface area (Å²) in [5.74, 6) is -0.399. The molecule has 2 atom stereocenters. The van der Waals surface area contributed by atoms with Crippen LogP contribution in [-0.4, -0.2) is 44.9 Å². The second-order valence-corrected chi connectivity index (χ2v) is 3.73. The minimum atomic E-state index is -0.447. The van der Waals surface area contributed by atoms with Gasteiger partial charge in [-0.15, -0.1) is 6.58 Å². The van der Waals surface area contributed by atoms with Gasteiger partial charge in [-0.2, -0.15) is 5.48 Å². The highest BCUT2D eigenvalue weighted by molar-refractivity contribution is 5.82. The Bertz CT molecular complexity index is 304. The molecule has 96 valence electrons. The Morgan fingerprint density at radius 1 is 1.82 bits per heavy atom. The number of hydrogen-bond donors (Lipinski definition) is 3. The van der Waals surface area contributed by atoms with Crippen LogP contribution in [0, 0.1) is 0 Å². The number of nitrogens with two attached hydrogens (primary N) is 1. The molecule has 0 spiro atoms. The van der Waals surface area contributed by atoms with Crippen molar-refractivity contribution in [1.82, 2.24) is 10.8 Å². The monoisotopic (exact) mass is 241 g/mol. The lowest BCUT2D eigenvalue weighted by Gasteiger charge is -2.28. The smallest absolute Gasteiger partial charge is 0.238 e. The van der Waals surface area contributed by atoms with Gasteiger partial charge in [0.25, 0.3) is 0 Å². The molecule has 0 aromatic rings. The molecule has 0 bridgehead atoms. The highest BCUT2D eigenvalue weighted by atomic mass is 16.6. The lowest BCUT2D eigenvalue weighted by molar-refractivity contribution is -0.119. The molecule has 2 unspecified atom stereocenters. The van der Waals surface area contributed by atoms with Crippen LogP contribution in [0.5, 0.6) is 0 Å². The van der Waals surface area contributed by atoms with Gasteiger partial charge in [0.05, 0.1) is 19.3 Å². The van der Waals surface area contributed by atoms with Gasteiger partial charge in [-0.05, 0) is 5.57 Å². The first-order valence-corrected chi connectivity index (χ1v) is 5.39. The molecule has 1 rings (SSSR count). The molecule has 0 aliphatic carbocycles. The molecule has 6 heteroatoms. The number of amides is 1. The van der Waals surface area contributed by atoms with E-state index in [0.29, 0.717) is 19.8 Å². The van der Waals surface area contributed by atoms with Gasteiger partial charge in [-0.3, -0.25) is 9.63 Å². The van der Waals surface area contributed by atoms with E-state index in [4.69, 9.17) is 15.3 Å². The van der Waals surface area contributed by atoms with Crippen LogP contribution in [0.2, 0.25) is 0 Å². The van der Waals surface area contributed by atoms with Crippen molar-refractivity contribution in [2.45, 2.75) is 12.1 Å². The minimum Gasteiger partial charge on any atom is -0.380 e. The van der Waals surface area contributed by atoms with Gasteiger partial charge < -0.3 is 15.8 Å². The van der Waals surface area contributed by atoms with E-state index in [1.165, 1.54) is 0 Å². The second kappa shape index (κ2) is 7.18. The first-order chi connectivity index (χ1) is 8.19. The molecular formula is C11H19N3O3. The number of hydrogen-bond acceptors (Lipinski definition) is 5. The maximum Gasteiger partial charge on any atom is 0.238 e. The molecule has 1 heterocycles. The Morgan fingerprint density at radius 3 is 3.18 bits per heavy atom. The summed E-state index contributed by atoms with van der Waals surface area (Å²) in [5, 5.41) is 3.01. The van der Waals surface area contributed by atoms with E-state index >= 15 is 0 Å². The third kappa shape index (κ3) is 4.27. The summed E-state index contributed by atoms with van der Waals surface area (Å²) < 4.78 is 5.08. The van der Waals surface area contributed by atoms with Gasteiger partial charge in [0, 0.05) is 13.7 Å². The molecule has 0 saturated heterocycles. The van der Waals surface area contributed by atoms with Crippen LogP contribution >= 0.6 is 0 Å². The zero-order valence-electron chi connectivity index (χ0n) is 9.94. The number of carbonyl (C=O) groups is 1. The molecule has 1 amide bonds. The largest absolute Gasteiger partial charge is 0.380 e. The third-order valence-corrected chi connectivity index (χ3v) is 2.41. The van der Waals surface area contributed by atoms with Crippen LogP contribution in [0.3, 0.4) is 0 Å². The van der Waals surface area contributed by atoms with E-state index in [0.717, 1.165) is 5.57 Å². The lowest BCUT2D eigenvalue weighted by Crippen LogP contribution is -2.52. The molecular weight excluding hydrogens is 222 g/mol. The fourth-order valence-electron chi connectivity index (χ4n) is 1.59. The van der Waals surface area contributed by atoms with E-state index in [9.17, 15) is 4.79 Å². The average molecular weight is 241 g/mol. The fourth-order valence-corrected chi connectivity index (χ4v) is 1.59. The average Bonchev–Trinajstić information content (AvgIpc) is 2.31. The van der Waals surface area contributed by atoms with Crippen molar-refractivity contribution < 1.29 is 14.4 Å². The minimum absolute atomic E-state index is 0.0366. The number of rotatable bonds is 7. The van der Waals surface area contributed by atoms with E-state index in [2.05, 4.69) is 17.4 Å². The number of ether oxygens (including phenoxy) is 1. The molecule has 1 aliphatic heterocycles. The van der Waals surface area contributed by atoms with Gasteiger partial charge in [0.15, 0.2) is 0 Å². The van der Waals surface area contributed by atoms with E-state index < -0.39 is 11.9 Å². The molecule has 6 nitrogen and oxygen atoms in total. The molecule has 0 saturated carbocycles. The highest BCUT2D eigenvalue weighted by Crippen LogP contribution is 2.10. The zero-order valence-corrected chi connectivity index (χ0v) is 9.94. The van der Waals surface area contributed by atoms with Crippen LogP contribution < -0.4 is 16.5 Å². The van der Waals surface area contributed by atoms with Crippen molar-refractivity contribution in [1.29, 1.82) is 0 Å². The topological polar surface area (TPSA) is 85.6 Å². The van der Waals surface area contributed by atoms with Crippen LogP contribution in [0.25, 0.3) is 0 Å². The SMILES string of the molecule is C=CCONC1CNC(C(N)=O)C=C1COC. The van der Waals surface area contributed by atoms with Crippen LogP contribution in [0.15, 0.2) is 24.3 Å². The van der Waals surface area contributed by atoms with Crippen molar-refractivity contribution in [3.8, 4) is 0 Å². The molecule has 4 N–H and O–H groups in total. The van der Waals surface area contributed by atoms with E-state index in [1.54, 1.807) is 19.3 Å². The van der Waals surface area contributed by atoms with Crippen LogP contribution in [-0.2, 0) is 14.4 Å². The number of nitrogens with one attached hydrogen (secondary N) is 2. The number of carbonyl (C=O) groups excluding carboxylic acids is 1. The van der Waals surface area contributed by atoms with Gasteiger partial charge >= 0.3 is 0 Å². The highest BCUT2D eigenvalue weighted by Gasteiger charge is 2.25. The summed E-state index contributed by atoms with van der Waals surface area (Å²) in [6.45, 7) is 4.95. The molecule has 1 aliphatic rings. The molecule has 0 aromatic heterocycles. The predicted molar refractivity (Wildman–Crippen MR) is 64.0 cm³/mol. The van der Waals surface area contributed by atoms with Crippen LogP contribution in [0.4, 0.5) is 0 Å². The maximum absolute atomic E-state index is 11.1. The standard InChI is InChI=1S/C11H19N3O3/c1-3-4-17-14-10-6-13-9(11(12)15)5-8(10)7-16-2/h3,5,9-10,13-14H,1,4,6-7H2,2H3,(H2,12,15). The first-order valence-electron chi connectivity index (χ1n) is 5.39. The first kappa shape index (κ1) is 13.9. The summed E-state index contributed by atoms with van der Waals surface area (Å²) in [6.07, 6.45) is 3.42. The maximum atomic E-state index is 11.1. The number of primary amides is 1. The van der Waals surface area contributed by atoms with Gasteiger partial charge in [-0.25, -0.2) is 0 Å². The number of methoxy groups -OCH3 is 1. The zero-order chi connectivity index (χ0) is 12.7. The summed E-state index contributed by atoms with van der Waals surface area (Å²) in [5.41, 5.74) is 9.07. The fraction of sp³-hybridized carbons (Fsp3) is 0.545. The summed E-state index contributed by atoms with van der Waals surface area (Å²) in [6, 6.07) is -0.483. The van der Waals surface area contributed by atoms with Gasteiger partial charge in [-0.1, -0.05) is 12.2 Å². The molecule has 17 heavy (non-hydrogen) atoms. The quantitative estimate of drug-likeness (QED) is 0.305. The van der Waals surface area contributed by atoms with Crippen molar-refractivity contribution in [3.05, 3.63) is 24.3 Å². The van der Waals surface area contributed by atoms with E-state index in [-0.39, 0.29) is 6.04 Å². The molecule has 0 aromatic carbocycles. The van der Waals surface area contributed by atoms with Crippen molar-refractivity contribution in [2.75, 3.05) is 26.9 Å². The summed E-state index contributed by atoms with van der Waals surface area (Å²) in [7, 11) is 1.60. The lowest BCUT2D eigenvalue weighted by atomic mass is 10.0. The Hall–Kier alpha value is -1.21. The third-order valence-electron chi connectivity index (χ3n) is 2.41.